The first-order valence-electron chi connectivity index (χ1n) is 12.3. The quantitative estimate of drug-likeness (QED) is 0.450. The first kappa shape index (κ1) is 27.0. The summed E-state index contributed by atoms with van der Waals surface area (Å²) in [5.41, 5.74) is 4.29. The molecule has 1 heterocycles. The number of benzene rings is 2. The number of rotatable bonds is 8. The van der Waals surface area contributed by atoms with Crippen molar-refractivity contribution >= 4 is 17.6 Å². The molecule has 192 valence electrons. The minimum absolute atomic E-state index is 0.0724. The van der Waals surface area contributed by atoms with Crippen LogP contribution < -0.4 is 10.1 Å². The molecule has 0 atom stereocenters. The lowest BCUT2D eigenvalue weighted by molar-refractivity contribution is -0.117. The highest BCUT2D eigenvalue weighted by atomic mass is 16.5. The molecule has 7 nitrogen and oxygen atoms in total. The lowest BCUT2D eigenvalue weighted by atomic mass is 9.92. The Morgan fingerprint density at radius 3 is 2.42 bits per heavy atom. The standard InChI is InChI=1S/C29H38N4O3/c1-19(2)17-32(28(35)22-12-10-13-23(15-22)36-8)18-27(34)30-26-16-25(29(5,6)7)31-33(26)24-14-9-11-20(3)21(24)4/h9-16,19H,17-18H2,1-8H3,(H,30,34). The molecule has 0 unspecified atom stereocenters. The van der Waals surface area contributed by atoms with Crippen LogP contribution in [0.1, 0.15) is 61.8 Å². The zero-order valence-corrected chi connectivity index (χ0v) is 22.7. The van der Waals surface area contributed by atoms with E-state index in [1.165, 1.54) is 0 Å². The van der Waals surface area contributed by atoms with E-state index in [2.05, 4.69) is 39.1 Å². The molecule has 36 heavy (non-hydrogen) atoms. The number of carbonyl (C=O) groups excluding carboxylic acids is 2. The number of methoxy groups -OCH3 is 1. The second-order valence-electron chi connectivity index (χ2n) is 10.7. The molecule has 0 aliphatic carbocycles. The third kappa shape index (κ3) is 6.33. The van der Waals surface area contributed by atoms with E-state index in [1.54, 1.807) is 41.0 Å². The highest BCUT2D eigenvalue weighted by Gasteiger charge is 2.24. The number of anilines is 1. The molecule has 7 heteroatoms. The smallest absolute Gasteiger partial charge is 0.254 e. The number of aryl methyl sites for hydroxylation is 1. The number of nitrogens with zero attached hydrogens (tertiary/aromatic N) is 3. The van der Waals surface area contributed by atoms with E-state index in [0.717, 1.165) is 22.5 Å². The Hall–Kier alpha value is -3.61. The van der Waals surface area contributed by atoms with E-state index >= 15 is 0 Å². The van der Waals surface area contributed by atoms with E-state index < -0.39 is 0 Å². The normalized spacial score (nSPS) is 11.5. The van der Waals surface area contributed by atoms with Crippen molar-refractivity contribution in [2.45, 2.75) is 53.9 Å². The van der Waals surface area contributed by atoms with Gasteiger partial charge in [0.2, 0.25) is 5.91 Å². The molecule has 0 bridgehead atoms. The van der Waals surface area contributed by atoms with E-state index in [9.17, 15) is 9.59 Å². The van der Waals surface area contributed by atoms with Crippen LogP contribution in [0.3, 0.4) is 0 Å². The summed E-state index contributed by atoms with van der Waals surface area (Å²) in [5.74, 6) is 0.884. The van der Waals surface area contributed by atoms with E-state index in [1.807, 2.05) is 39.0 Å². The molecule has 0 aliphatic rings. The molecule has 0 fully saturated rings. The second kappa shape index (κ2) is 11.0. The molecule has 0 aliphatic heterocycles. The number of nitrogens with one attached hydrogen (secondary N) is 1. The van der Waals surface area contributed by atoms with Crippen LogP contribution in [0.2, 0.25) is 0 Å². The zero-order chi connectivity index (χ0) is 26.6. The van der Waals surface area contributed by atoms with Gasteiger partial charge in [0.05, 0.1) is 18.5 Å². The van der Waals surface area contributed by atoms with Gasteiger partial charge in [0.1, 0.15) is 18.1 Å². The summed E-state index contributed by atoms with van der Waals surface area (Å²) >= 11 is 0. The average molecular weight is 491 g/mol. The molecule has 1 N–H and O–H groups in total. The van der Waals surface area contributed by atoms with Gasteiger partial charge in [-0.05, 0) is 55.2 Å². The van der Waals surface area contributed by atoms with Crippen molar-refractivity contribution in [1.29, 1.82) is 0 Å². The van der Waals surface area contributed by atoms with Gasteiger partial charge >= 0.3 is 0 Å². The first-order chi connectivity index (χ1) is 16.9. The van der Waals surface area contributed by atoms with Crippen molar-refractivity contribution in [2.75, 3.05) is 25.5 Å². The maximum Gasteiger partial charge on any atom is 0.254 e. The summed E-state index contributed by atoms with van der Waals surface area (Å²) in [6.45, 7) is 14.8. The lowest BCUT2D eigenvalue weighted by Crippen LogP contribution is -2.40. The fourth-order valence-electron chi connectivity index (χ4n) is 3.94. The third-order valence-corrected chi connectivity index (χ3v) is 6.07. The van der Waals surface area contributed by atoms with Gasteiger partial charge in [-0.2, -0.15) is 5.10 Å². The molecule has 0 saturated carbocycles. The monoisotopic (exact) mass is 490 g/mol. The number of carbonyl (C=O) groups is 2. The number of amides is 2. The van der Waals surface area contributed by atoms with Crippen LogP contribution in [0.25, 0.3) is 5.69 Å². The highest BCUT2D eigenvalue weighted by molar-refractivity contribution is 5.99. The lowest BCUT2D eigenvalue weighted by Gasteiger charge is -2.24. The van der Waals surface area contributed by atoms with Crippen molar-refractivity contribution in [3.63, 3.8) is 0 Å². The van der Waals surface area contributed by atoms with Gasteiger partial charge in [0, 0.05) is 23.6 Å². The Balaban J connectivity index is 1.91. The summed E-state index contributed by atoms with van der Waals surface area (Å²) < 4.78 is 7.06. The Morgan fingerprint density at radius 2 is 1.78 bits per heavy atom. The molecule has 1 aromatic heterocycles. The van der Waals surface area contributed by atoms with E-state index in [0.29, 0.717) is 23.7 Å². The predicted molar refractivity (Wildman–Crippen MR) is 144 cm³/mol. The molecular formula is C29H38N4O3. The molecular weight excluding hydrogens is 452 g/mol. The van der Waals surface area contributed by atoms with Gasteiger partial charge in [0.25, 0.3) is 5.91 Å². The number of hydrogen-bond acceptors (Lipinski definition) is 4. The Kier molecular flexibility index (Phi) is 8.23. The van der Waals surface area contributed by atoms with Crippen LogP contribution in [0.5, 0.6) is 5.75 Å². The van der Waals surface area contributed by atoms with E-state index in [-0.39, 0.29) is 29.7 Å². The van der Waals surface area contributed by atoms with Gasteiger partial charge in [-0.25, -0.2) is 4.68 Å². The Bertz CT molecular complexity index is 1240. The second-order valence-corrected chi connectivity index (χ2v) is 10.7. The maximum absolute atomic E-state index is 13.3. The molecule has 0 saturated heterocycles. The summed E-state index contributed by atoms with van der Waals surface area (Å²) in [7, 11) is 1.56. The Morgan fingerprint density at radius 1 is 1.08 bits per heavy atom. The van der Waals surface area contributed by atoms with Crippen molar-refractivity contribution in [1.82, 2.24) is 14.7 Å². The molecule has 0 radical (unpaired) electrons. The minimum atomic E-state index is -0.279. The summed E-state index contributed by atoms with van der Waals surface area (Å²) in [6.07, 6.45) is 0. The molecule has 2 aromatic carbocycles. The van der Waals surface area contributed by atoms with Crippen LogP contribution in [0.15, 0.2) is 48.5 Å². The third-order valence-electron chi connectivity index (χ3n) is 6.07. The molecule has 3 rings (SSSR count). The predicted octanol–water partition coefficient (Wildman–Crippen LogP) is 5.53. The summed E-state index contributed by atoms with van der Waals surface area (Å²) in [5, 5.41) is 7.87. The van der Waals surface area contributed by atoms with Crippen LogP contribution >= 0.6 is 0 Å². The molecule has 0 spiro atoms. The summed E-state index contributed by atoms with van der Waals surface area (Å²) in [6, 6.07) is 14.9. The van der Waals surface area contributed by atoms with Gasteiger partial charge in [-0.1, -0.05) is 52.8 Å². The van der Waals surface area contributed by atoms with Crippen LogP contribution in [-0.2, 0) is 10.2 Å². The SMILES string of the molecule is COc1cccc(C(=O)N(CC(=O)Nc2cc(C(C)(C)C)nn2-c2cccc(C)c2C)CC(C)C)c1. The zero-order valence-electron chi connectivity index (χ0n) is 22.7. The average Bonchev–Trinajstić information content (AvgIpc) is 3.23. The van der Waals surface area contributed by atoms with Crippen molar-refractivity contribution in [3.05, 3.63) is 70.9 Å². The van der Waals surface area contributed by atoms with Crippen molar-refractivity contribution < 1.29 is 14.3 Å². The number of ether oxygens (including phenoxy) is 1. The van der Waals surface area contributed by atoms with Gasteiger partial charge in [-0.3, -0.25) is 9.59 Å². The van der Waals surface area contributed by atoms with Crippen molar-refractivity contribution in [3.8, 4) is 11.4 Å². The molecule has 2 amide bonds. The first-order valence-corrected chi connectivity index (χ1v) is 12.3. The van der Waals surface area contributed by atoms with Crippen molar-refractivity contribution in [2.24, 2.45) is 5.92 Å². The highest BCUT2D eigenvalue weighted by Crippen LogP contribution is 2.28. The van der Waals surface area contributed by atoms with Gasteiger partial charge in [-0.15, -0.1) is 0 Å². The van der Waals surface area contributed by atoms with E-state index in [4.69, 9.17) is 9.84 Å². The molecule has 3 aromatic rings. The van der Waals surface area contributed by atoms with Crippen LogP contribution in [-0.4, -0.2) is 46.7 Å². The fraction of sp³-hybridized carbons (Fsp3) is 0.414. The topological polar surface area (TPSA) is 76.5 Å². The summed E-state index contributed by atoms with van der Waals surface area (Å²) in [4.78, 5) is 28.2. The van der Waals surface area contributed by atoms with Gasteiger partial charge in [0.15, 0.2) is 0 Å². The van der Waals surface area contributed by atoms with Crippen LogP contribution in [0.4, 0.5) is 5.82 Å². The van der Waals surface area contributed by atoms with Crippen LogP contribution in [0, 0.1) is 19.8 Å². The minimum Gasteiger partial charge on any atom is -0.497 e. The largest absolute Gasteiger partial charge is 0.497 e. The number of aromatic nitrogens is 2. The maximum atomic E-state index is 13.3. The number of hydrogen-bond donors (Lipinski definition) is 1. The fourth-order valence-corrected chi connectivity index (χ4v) is 3.94. The van der Waals surface area contributed by atoms with Gasteiger partial charge < -0.3 is 15.0 Å². The Labute approximate surface area is 214 Å².